The first-order chi connectivity index (χ1) is 10.5. The van der Waals surface area contributed by atoms with Gasteiger partial charge in [0.1, 0.15) is 5.82 Å². The lowest BCUT2D eigenvalue weighted by molar-refractivity contribution is 0.172. The summed E-state index contributed by atoms with van der Waals surface area (Å²) in [4.78, 5) is 11.8. The zero-order valence-electron chi connectivity index (χ0n) is 12.3. The molecule has 2 rings (SSSR count). The normalized spacial score (nSPS) is 22.4. The van der Waals surface area contributed by atoms with Gasteiger partial charge < -0.3 is 15.7 Å². The zero-order valence-corrected chi connectivity index (χ0v) is 13.9. The minimum absolute atomic E-state index is 0.00577. The van der Waals surface area contributed by atoms with E-state index >= 15 is 0 Å². The van der Waals surface area contributed by atoms with Crippen molar-refractivity contribution >= 4 is 29.4 Å². The molecule has 1 aromatic carbocycles. The van der Waals surface area contributed by atoms with Crippen molar-refractivity contribution in [3.05, 3.63) is 34.6 Å². The molecule has 1 aromatic rings. The van der Waals surface area contributed by atoms with E-state index in [0.717, 1.165) is 19.3 Å². The van der Waals surface area contributed by atoms with Crippen LogP contribution in [0.5, 0.6) is 0 Å². The van der Waals surface area contributed by atoms with Gasteiger partial charge in [-0.3, -0.25) is 0 Å². The van der Waals surface area contributed by atoms with E-state index in [1.165, 1.54) is 18.2 Å². The van der Waals surface area contributed by atoms with Crippen molar-refractivity contribution in [1.82, 2.24) is 10.6 Å². The topological polar surface area (TPSA) is 61.4 Å². The van der Waals surface area contributed by atoms with Crippen LogP contribution < -0.4 is 10.6 Å². The van der Waals surface area contributed by atoms with E-state index in [4.69, 9.17) is 11.6 Å². The van der Waals surface area contributed by atoms with Crippen LogP contribution in [0, 0.1) is 5.82 Å². The molecular formula is C15H20ClFN2O2S. The predicted octanol–water partition coefficient (Wildman–Crippen LogP) is 3.10. The average Bonchev–Trinajstić information content (AvgIpc) is 2.95. The third-order valence-electron chi connectivity index (χ3n) is 3.84. The van der Waals surface area contributed by atoms with Gasteiger partial charge in [0.15, 0.2) is 0 Å². The monoisotopic (exact) mass is 346 g/mol. The van der Waals surface area contributed by atoms with Crippen LogP contribution in [0.3, 0.4) is 0 Å². The van der Waals surface area contributed by atoms with Gasteiger partial charge in [-0.2, -0.15) is 11.8 Å². The number of carbonyl (C=O) groups is 1. The Morgan fingerprint density at radius 3 is 2.95 bits per heavy atom. The summed E-state index contributed by atoms with van der Waals surface area (Å²) >= 11 is 7.42. The SMILES string of the molecule is CS[C@@H]1CC[C@H](NC(=O)NC[C@H](O)c2ccc(Cl)c(F)c2)C1. The maximum Gasteiger partial charge on any atom is 0.315 e. The van der Waals surface area contributed by atoms with Gasteiger partial charge in [0, 0.05) is 17.8 Å². The lowest BCUT2D eigenvalue weighted by Gasteiger charge is -2.16. The van der Waals surface area contributed by atoms with E-state index in [0.29, 0.717) is 10.8 Å². The molecule has 0 bridgehead atoms. The van der Waals surface area contributed by atoms with E-state index in [2.05, 4.69) is 16.9 Å². The lowest BCUT2D eigenvalue weighted by Crippen LogP contribution is -2.42. The first-order valence-electron chi connectivity index (χ1n) is 7.19. The van der Waals surface area contributed by atoms with Crippen molar-refractivity contribution in [3.8, 4) is 0 Å². The highest BCUT2D eigenvalue weighted by Gasteiger charge is 2.25. The fourth-order valence-corrected chi connectivity index (χ4v) is 3.46. The molecule has 0 aromatic heterocycles. The van der Waals surface area contributed by atoms with Crippen LogP contribution in [0.1, 0.15) is 30.9 Å². The van der Waals surface area contributed by atoms with Crippen molar-refractivity contribution in [1.29, 1.82) is 0 Å². The number of carbonyl (C=O) groups excluding carboxylic acids is 1. The van der Waals surface area contributed by atoms with E-state index in [9.17, 15) is 14.3 Å². The fourth-order valence-electron chi connectivity index (χ4n) is 2.55. The molecule has 3 N–H and O–H groups in total. The zero-order chi connectivity index (χ0) is 16.1. The second-order valence-corrected chi connectivity index (χ2v) is 6.96. The fraction of sp³-hybridized carbons (Fsp3) is 0.533. The number of urea groups is 1. The van der Waals surface area contributed by atoms with E-state index < -0.39 is 11.9 Å². The van der Waals surface area contributed by atoms with Crippen LogP contribution >= 0.6 is 23.4 Å². The quantitative estimate of drug-likeness (QED) is 0.767. The Hall–Kier alpha value is -0.980. The first kappa shape index (κ1) is 17.4. The van der Waals surface area contributed by atoms with Crippen molar-refractivity contribution in [2.75, 3.05) is 12.8 Å². The number of hydrogen-bond donors (Lipinski definition) is 3. The number of amides is 2. The Balaban J connectivity index is 1.77. The third-order valence-corrected chi connectivity index (χ3v) is 5.24. The molecule has 0 radical (unpaired) electrons. The van der Waals surface area contributed by atoms with Gasteiger partial charge in [-0.15, -0.1) is 0 Å². The number of aliphatic hydroxyl groups excluding tert-OH is 1. The van der Waals surface area contributed by atoms with Crippen molar-refractivity contribution in [2.24, 2.45) is 0 Å². The molecule has 0 heterocycles. The molecule has 1 saturated carbocycles. The highest BCUT2D eigenvalue weighted by atomic mass is 35.5. The number of thioether (sulfide) groups is 1. The second-order valence-electron chi connectivity index (χ2n) is 5.41. The minimum atomic E-state index is -0.972. The second kappa shape index (κ2) is 8.04. The van der Waals surface area contributed by atoms with Gasteiger partial charge >= 0.3 is 6.03 Å². The molecule has 7 heteroatoms. The molecular weight excluding hydrogens is 327 g/mol. The molecule has 1 aliphatic rings. The van der Waals surface area contributed by atoms with Crippen molar-refractivity contribution in [2.45, 2.75) is 36.7 Å². The summed E-state index contributed by atoms with van der Waals surface area (Å²) in [5, 5.41) is 16.1. The Morgan fingerprint density at radius 1 is 1.55 bits per heavy atom. The van der Waals surface area contributed by atoms with Gasteiger partial charge in [-0.05, 0) is 43.2 Å². The van der Waals surface area contributed by atoms with Gasteiger partial charge in [0.2, 0.25) is 0 Å². The molecule has 1 aliphatic carbocycles. The van der Waals surface area contributed by atoms with E-state index in [1.807, 2.05) is 11.8 Å². The molecule has 3 atom stereocenters. The number of nitrogens with one attached hydrogen (secondary N) is 2. The van der Waals surface area contributed by atoms with Crippen LogP contribution in [-0.2, 0) is 0 Å². The number of benzene rings is 1. The number of aliphatic hydroxyl groups is 1. The molecule has 0 aliphatic heterocycles. The van der Waals surface area contributed by atoms with Crippen LogP contribution in [0.2, 0.25) is 5.02 Å². The Kier molecular flexibility index (Phi) is 6.35. The molecule has 0 spiro atoms. The van der Waals surface area contributed by atoms with Crippen LogP contribution in [0.25, 0.3) is 0 Å². The van der Waals surface area contributed by atoms with Crippen molar-refractivity contribution < 1.29 is 14.3 Å². The van der Waals surface area contributed by atoms with Crippen LogP contribution in [-0.4, -0.2) is 35.2 Å². The highest BCUT2D eigenvalue weighted by Crippen LogP contribution is 2.28. The number of rotatable bonds is 5. The third kappa shape index (κ3) is 4.76. The maximum absolute atomic E-state index is 13.3. The Bertz CT molecular complexity index is 532. The molecule has 1 fully saturated rings. The van der Waals surface area contributed by atoms with E-state index in [-0.39, 0.29) is 23.6 Å². The van der Waals surface area contributed by atoms with Crippen LogP contribution in [0.4, 0.5) is 9.18 Å². The summed E-state index contributed by atoms with van der Waals surface area (Å²) in [7, 11) is 0. The minimum Gasteiger partial charge on any atom is -0.387 e. The molecule has 22 heavy (non-hydrogen) atoms. The molecule has 122 valence electrons. The summed E-state index contributed by atoms with van der Waals surface area (Å²) in [5.41, 5.74) is 0.380. The summed E-state index contributed by atoms with van der Waals surface area (Å²) in [6.45, 7) is 0.0194. The van der Waals surface area contributed by atoms with Gasteiger partial charge in [-0.25, -0.2) is 9.18 Å². The predicted molar refractivity (Wildman–Crippen MR) is 87.8 cm³/mol. The van der Waals surface area contributed by atoms with Gasteiger partial charge in [-0.1, -0.05) is 17.7 Å². The summed E-state index contributed by atoms with van der Waals surface area (Å²) in [6.07, 6.45) is 4.16. The largest absolute Gasteiger partial charge is 0.387 e. The summed E-state index contributed by atoms with van der Waals surface area (Å²) in [6, 6.07) is 3.97. The Morgan fingerprint density at radius 2 is 2.32 bits per heavy atom. The van der Waals surface area contributed by atoms with Gasteiger partial charge in [0.05, 0.1) is 11.1 Å². The lowest BCUT2D eigenvalue weighted by atomic mass is 10.1. The molecule has 2 amide bonds. The number of halogens is 2. The maximum atomic E-state index is 13.3. The molecule has 0 saturated heterocycles. The van der Waals surface area contributed by atoms with E-state index in [1.54, 1.807) is 0 Å². The smallest absolute Gasteiger partial charge is 0.315 e. The highest BCUT2D eigenvalue weighted by molar-refractivity contribution is 7.99. The molecule has 4 nitrogen and oxygen atoms in total. The Labute approximate surface area is 138 Å². The summed E-state index contributed by atoms with van der Waals surface area (Å²) in [5.74, 6) is -0.586. The van der Waals surface area contributed by atoms with Crippen molar-refractivity contribution in [3.63, 3.8) is 0 Å². The van der Waals surface area contributed by atoms with Crippen LogP contribution in [0.15, 0.2) is 18.2 Å². The van der Waals surface area contributed by atoms with Gasteiger partial charge in [0.25, 0.3) is 0 Å². The molecule has 0 unspecified atom stereocenters. The standard InChI is InChI=1S/C15H20ClFN2O2S/c1-22-11-4-3-10(7-11)19-15(21)18-8-14(20)9-2-5-12(16)13(17)6-9/h2,5-6,10-11,14,20H,3-4,7-8H2,1H3,(H2,18,19,21)/t10-,11+,14-/m0/s1. The summed E-state index contributed by atoms with van der Waals surface area (Å²) < 4.78 is 13.3. The average molecular weight is 347 g/mol. The first-order valence-corrected chi connectivity index (χ1v) is 8.86. The number of hydrogen-bond acceptors (Lipinski definition) is 3.